The molecule has 0 saturated carbocycles. The van der Waals surface area contributed by atoms with Crippen molar-refractivity contribution in [2.24, 2.45) is 5.73 Å². The maximum Gasteiger partial charge on any atom is 0.218 e. The zero-order valence-corrected chi connectivity index (χ0v) is 14.3. The van der Waals surface area contributed by atoms with Crippen molar-refractivity contribution < 1.29 is 22.6 Å². The molecule has 0 bridgehead atoms. The third-order valence-electron chi connectivity index (χ3n) is 4.14. The molecular formula is C19H19F3N2O2. The first-order chi connectivity index (χ1) is 12.3. The number of hydrogen-bond donors (Lipinski definition) is 1. The average molecular weight is 364 g/mol. The van der Waals surface area contributed by atoms with E-state index in [-0.39, 0.29) is 29.9 Å². The van der Waals surface area contributed by atoms with Gasteiger partial charge in [0.25, 0.3) is 0 Å². The molecule has 138 valence electrons. The van der Waals surface area contributed by atoms with E-state index in [9.17, 15) is 13.2 Å². The van der Waals surface area contributed by atoms with Crippen molar-refractivity contribution in [2.45, 2.75) is 32.2 Å². The molecule has 4 nitrogen and oxygen atoms in total. The molecule has 0 radical (unpaired) electrons. The van der Waals surface area contributed by atoms with E-state index in [2.05, 4.69) is 11.6 Å². The van der Waals surface area contributed by atoms with E-state index in [1.807, 2.05) is 0 Å². The second kappa shape index (κ2) is 7.37. The molecule has 3 rings (SSSR count). The highest BCUT2D eigenvalue weighted by atomic mass is 19.1. The number of ether oxygens (including phenoxy) is 2. The zero-order valence-electron chi connectivity index (χ0n) is 14.3. The number of pyridine rings is 1. The third-order valence-corrected chi connectivity index (χ3v) is 4.14. The molecule has 2 heterocycles. The molecule has 7 heteroatoms. The van der Waals surface area contributed by atoms with Gasteiger partial charge in [-0.05, 0) is 43.5 Å². The monoisotopic (exact) mass is 364 g/mol. The highest BCUT2D eigenvalue weighted by Gasteiger charge is 2.26. The maximum atomic E-state index is 14.3. The number of halogens is 3. The second-order valence-electron chi connectivity index (χ2n) is 6.14. The highest BCUT2D eigenvalue weighted by molar-refractivity contribution is 5.74. The number of alkyl halides is 1. The van der Waals surface area contributed by atoms with Crippen LogP contribution < -0.4 is 10.5 Å². The lowest BCUT2D eigenvalue weighted by Gasteiger charge is -2.27. The van der Waals surface area contributed by atoms with E-state index in [1.165, 1.54) is 19.1 Å². The van der Waals surface area contributed by atoms with Crippen LogP contribution in [-0.2, 0) is 11.2 Å². The second-order valence-corrected chi connectivity index (χ2v) is 6.14. The Morgan fingerprint density at radius 3 is 2.81 bits per heavy atom. The van der Waals surface area contributed by atoms with Gasteiger partial charge in [0, 0.05) is 17.2 Å². The standard InChI is InChI=1S/C19H19F3N2O2/c1-10(23)18-8-16(14-5-3-12(21)7-17(14)22)15-6-4-13(9-25-11(2)20)26-19(15)24-18/h3,5,7-8,11,13H,1,4,6,9,23H2,2H3. The minimum atomic E-state index is -1.40. The van der Waals surface area contributed by atoms with Gasteiger partial charge >= 0.3 is 0 Å². The molecule has 1 aliphatic heterocycles. The molecule has 0 amide bonds. The number of nitrogens with two attached hydrogens (primary N) is 1. The average Bonchev–Trinajstić information content (AvgIpc) is 2.58. The van der Waals surface area contributed by atoms with E-state index < -0.39 is 18.0 Å². The molecule has 1 aliphatic rings. The number of rotatable bonds is 5. The van der Waals surface area contributed by atoms with Crippen molar-refractivity contribution >= 4 is 5.70 Å². The van der Waals surface area contributed by atoms with Gasteiger partial charge in [-0.25, -0.2) is 18.2 Å². The van der Waals surface area contributed by atoms with Crippen LogP contribution in [-0.4, -0.2) is 24.1 Å². The van der Waals surface area contributed by atoms with Crippen molar-refractivity contribution in [3.05, 3.63) is 53.7 Å². The molecule has 2 unspecified atom stereocenters. The van der Waals surface area contributed by atoms with E-state index in [1.54, 1.807) is 6.07 Å². The molecule has 0 spiro atoms. The van der Waals surface area contributed by atoms with Gasteiger partial charge in [-0.15, -0.1) is 0 Å². The lowest BCUT2D eigenvalue weighted by Crippen LogP contribution is -2.30. The van der Waals surface area contributed by atoms with Crippen LogP contribution in [0.1, 0.15) is 24.6 Å². The first-order valence-electron chi connectivity index (χ1n) is 8.21. The molecule has 2 N–H and O–H groups in total. The lowest BCUT2D eigenvalue weighted by atomic mass is 9.94. The molecule has 2 atom stereocenters. The quantitative estimate of drug-likeness (QED) is 0.872. The predicted molar refractivity (Wildman–Crippen MR) is 92.1 cm³/mol. The van der Waals surface area contributed by atoms with Gasteiger partial charge in [0.1, 0.15) is 17.7 Å². The Hall–Kier alpha value is -2.54. The summed E-state index contributed by atoms with van der Waals surface area (Å²) in [6.45, 7) is 5.02. The lowest BCUT2D eigenvalue weighted by molar-refractivity contribution is -0.0603. The summed E-state index contributed by atoms with van der Waals surface area (Å²) in [5.74, 6) is -1.07. The molecule has 2 aromatic rings. The fraction of sp³-hybridized carbons (Fsp3) is 0.316. The van der Waals surface area contributed by atoms with E-state index in [0.717, 1.165) is 6.07 Å². The number of hydrogen-bond acceptors (Lipinski definition) is 4. The number of benzene rings is 1. The highest BCUT2D eigenvalue weighted by Crippen LogP contribution is 2.37. The summed E-state index contributed by atoms with van der Waals surface area (Å²) in [5.41, 5.74) is 7.71. The van der Waals surface area contributed by atoms with Crippen LogP contribution in [0, 0.1) is 11.6 Å². The summed E-state index contributed by atoms with van der Waals surface area (Å²) in [6, 6.07) is 4.98. The van der Waals surface area contributed by atoms with Gasteiger partial charge in [-0.2, -0.15) is 0 Å². The first-order valence-corrected chi connectivity index (χ1v) is 8.21. The van der Waals surface area contributed by atoms with Crippen LogP contribution in [0.25, 0.3) is 16.8 Å². The van der Waals surface area contributed by atoms with Crippen LogP contribution in [0.15, 0.2) is 30.8 Å². The van der Waals surface area contributed by atoms with E-state index in [0.29, 0.717) is 29.7 Å². The normalized spacial score (nSPS) is 17.3. The fourth-order valence-electron chi connectivity index (χ4n) is 2.88. The number of fused-ring (bicyclic) bond motifs is 1. The SMILES string of the molecule is C=C(N)c1cc(-c2ccc(F)cc2F)c2c(n1)OC(COC(C)F)CC2. The molecule has 1 aromatic carbocycles. The van der Waals surface area contributed by atoms with Gasteiger partial charge in [0.15, 0.2) is 6.36 Å². The predicted octanol–water partition coefficient (Wildman–Crippen LogP) is 3.98. The maximum absolute atomic E-state index is 14.3. The molecular weight excluding hydrogens is 345 g/mol. The van der Waals surface area contributed by atoms with Crippen molar-refractivity contribution in [2.75, 3.05) is 6.61 Å². The summed E-state index contributed by atoms with van der Waals surface area (Å²) in [5, 5.41) is 0. The van der Waals surface area contributed by atoms with Crippen molar-refractivity contribution in [1.82, 2.24) is 4.98 Å². The Kier molecular flexibility index (Phi) is 5.18. The smallest absolute Gasteiger partial charge is 0.218 e. The van der Waals surface area contributed by atoms with Crippen LogP contribution in [0.3, 0.4) is 0 Å². The van der Waals surface area contributed by atoms with E-state index >= 15 is 0 Å². The number of nitrogens with zero attached hydrogens (tertiary/aromatic N) is 1. The summed E-state index contributed by atoms with van der Waals surface area (Å²) < 4.78 is 51.2. The Balaban J connectivity index is 2.02. The Bertz CT molecular complexity index is 840. The summed E-state index contributed by atoms with van der Waals surface area (Å²) >= 11 is 0. The topological polar surface area (TPSA) is 57.4 Å². The third kappa shape index (κ3) is 3.83. The van der Waals surface area contributed by atoms with Crippen LogP contribution in [0.4, 0.5) is 13.2 Å². The Morgan fingerprint density at radius 2 is 2.15 bits per heavy atom. The van der Waals surface area contributed by atoms with E-state index in [4.69, 9.17) is 15.2 Å². The minimum absolute atomic E-state index is 0.0762. The van der Waals surface area contributed by atoms with Crippen molar-refractivity contribution in [3.63, 3.8) is 0 Å². The Morgan fingerprint density at radius 1 is 1.38 bits per heavy atom. The van der Waals surface area contributed by atoms with Crippen LogP contribution >= 0.6 is 0 Å². The largest absolute Gasteiger partial charge is 0.472 e. The first kappa shape index (κ1) is 18.3. The fourth-order valence-corrected chi connectivity index (χ4v) is 2.88. The van der Waals surface area contributed by atoms with Gasteiger partial charge in [-0.1, -0.05) is 6.58 Å². The van der Waals surface area contributed by atoms with Crippen molar-refractivity contribution in [3.8, 4) is 17.0 Å². The summed E-state index contributed by atoms with van der Waals surface area (Å²) in [6.07, 6.45) is -0.687. The summed E-state index contributed by atoms with van der Waals surface area (Å²) in [7, 11) is 0. The van der Waals surface area contributed by atoms with Gasteiger partial charge < -0.3 is 15.2 Å². The van der Waals surface area contributed by atoms with Gasteiger partial charge in [0.05, 0.1) is 18.0 Å². The Labute approximate surface area is 149 Å². The molecule has 0 saturated heterocycles. The number of aromatic nitrogens is 1. The van der Waals surface area contributed by atoms with Crippen LogP contribution in [0.2, 0.25) is 0 Å². The molecule has 26 heavy (non-hydrogen) atoms. The summed E-state index contributed by atoms with van der Waals surface area (Å²) in [4.78, 5) is 4.33. The van der Waals surface area contributed by atoms with Gasteiger partial charge in [-0.3, -0.25) is 0 Å². The molecule has 0 aliphatic carbocycles. The van der Waals surface area contributed by atoms with Gasteiger partial charge in [0.2, 0.25) is 5.88 Å². The molecule has 0 fully saturated rings. The molecule has 1 aromatic heterocycles. The van der Waals surface area contributed by atoms with Crippen LogP contribution in [0.5, 0.6) is 5.88 Å². The zero-order chi connectivity index (χ0) is 18.8. The minimum Gasteiger partial charge on any atom is -0.472 e. The van der Waals surface area contributed by atoms with Crippen molar-refractivity contribution in [1.29, 1.82) is 0 Å².